The van der Waals surface area contributed by atoms with Crippen LogP contribution in [0, 0.1) is 5.92 Å². The summed E-state index contributed by atoms with van der Waals surface area (Å²) in [6.45, 7) is 5.19. The van der Waals surface area contributed by atoms with E-state index in [0.717, 1.165) is 41.4 Å². The molecule has 11 heteroatoms. The first-order valence-corrected chi connectivity index (χ1v) is 14.2. The standard InChI is InChI=1S/C31H37N9O2/c1-6-28(41)33-22-15-23(26(42-5)16-25(22)39(4)14-13-38(2)3)34-30-32-12-11-27(35-30)40-24-10-8-7-9-21(24)29(37-40)36-31-17-20(18-31)19-31/h6-12,15-16,20H,1,13-14,17-19H2,2-5H3,(H,33,41)(H,36,37)(H,32,34,35). The van der Waals surface area contributed by atoms with Crippen molar-refractivity contribution in [3.63, 3.8) is 0 Å². The first kappa shape index (κ1) is 27.5. The first-order chi connectivity index (χ1) is 20.3. The van der Waals surface area contributed by atoms with Gasteiger partial charge in [-0.1, -0.05) is 18.7 Å². The third-order valence-corrected chi connectivity index (χ3v) is 8.17. The minimum Gasteiger partial charge on any atom is -0.494 e. The predicted octanol–water partition coefficient (Wildman–Crippen LogP) is 4.65. The van der Waals surface area contributed by atoms with Gasteiger partial charge in [0.25, 0.3) is 0 Å². The van der Waals surface area contributed by atoms with E-state index < -0.39 is 0 Å². The third-order valence-electron chi connectivity index (χ3n) is 8.17. The van der Waals surface area contributed by atoms with Gasteiger partial charge in [-0.25, -0.2) is 9.67 Å². The number of nitrogens with one attached hydrogen (secondary N) is 3. The number of ether oxygens (including phenoxy) is 1. The van der Waals surface area contributed by atoms with Gasteiger partial charge in [0.1, 0.15) is 5.75 Å². The van der Waals surface area contributed by atoms with Crippen molar-refractivity contribution in [2.75, 3.05) is 62.2 Å². The molecule has 11 nitrogen and oxygen atoms in total. The molecule has 0 spiro atoms. The van der Waals surface area contributed by atoms with Gasteiger partial charge in [-0.3, -0.25) is 4.79 Å². The largest absolute Gasteiger partial charge is 0.494 e. The SMILES string of the molecule is C=CC(=O)Nc1cc(Nc2nccc(-n3nc(NC45CC(C4)C5)c4ccccc43)n2)c(OC)cc1N(C)CCN(C)C. The fraction of sp³-hybridized carbons (Fsp3) is 0.355. The lowest BCUT2D eigenvalue weighted by atomic mass is 9.50. The molecule has 0 saturated heterocycles. The Kier molecular flexibility index (Phi) is 7.19. The second-order valence-electron chi connectivity index (χ2n) is 11.5. The van der Waals surface area contributed by atoms with Crippen LogP contribution in [0.4, 0.5) is 28.8 Å². The average Bonchev–Trinajstić information content (AvgIpc) is 3.31. The Morgan fingerprint density at radius 3 is 2.62 bits per heavy atom. The molecule has 42 heavy (non-hydrogen) atoms. The number of anilines is 5. The fourth-order valence-electron chi connectivity index (χ4n) is 5.77. The van der Waals surface area contributed by atoms with Crippen molar-refractivity contribution in [2.24, 2.45) is 5.92 Å². The molecule has 3 N–H and O–H groups in total. The number of nitrogens with zero attached hydrogens (tertiary/aromatic N) is 6. The van der Waals surface area contributed by atoms with Crippen molar-refractivity contribution < 1.29 is 9.53 Å². The van der Waals surface area contributed by atoms with Crippen molar-refractivity contribution in [1.82, 2.24) is 24.6 Å². The molecule has 3 fully saturated rings. The Hall–Kier alpha value is -4.64. The van der Waals surface area contributed by atoms with Crippen LogP contribution in [-0.2, 0) is 4.79 Å². The summed E-state index contributed by atoms with van der Waals surface area (Å²) in [7, 11) is 7.64. The van der Waals surface area contributed by atoms with Crippen LogP contribution in [0.2, 0.25) is 0 Å². The van der Waals surface area contributed by atoms with E-state index >= 15 is 0 Å². The minimum absolute atomic E-state index is 0.201. The van der Waals surface area contributed by atoms with E-state index in [1.54, 1.807) is 13.3 Å². The van der Waals surface area contributed by atoms with Crippen LogP contribution in [0.3, 0.4) is 0 Å². The van der Waals surface area contributed by atoms with E-state index in [1.165, 1.54) is 25.3 Å². The van der Waals surface area contributed by atoms with Gasteiger partial charge in [0.15, 0.2) is 11.6 Å². The second kappa shape index (κ2) is 11.0. The molecule has 7 rings (SSSR count). The summed E-state index contributed by atoms with van der Waals surface area (Å²) >= 11 is 0. The van der Waals surface area contributed by atoms with Gasteiger partial charge in [-0.05, 0) is 63.6 Å². The Balaban J connectivity index is 1.32. The molecule has 2 heterocycles. The maximum Gasteiger partial charge on any atom is 0.247 e. The highest BCUT2D eigenvalue weighted by atomic mass is 16.5. The molecule has 3 aliphatic carbocycles. The minimum atomic E-state index is -0.305. The zero-order chi connectivity index (χ0) is 29.4. The summed E-state index contributed by atoms with van der Waals surface area (Å²) in [5.74, 6) is 3.04. The van der Waals surface area contributed by atoms with E-state index in [1.807, 2.05) is 62.2 Å². The molecule has 4 aromatic rings. The normalized spacial score (nSPS) is 18.6. The van der Waals surface area contributed by atoms with Crippen molar-refractivity contribution in [2.45, 2.75) is 24.8 Å². The molecule has 3 aliphatic rings. The Morgan fingerprint density at radius 1 is 1.14 bits per heavy atom. The summed E-state index contributed by atoms with van der Waals surface area (Å²) in [4.78, 5) is 25.8. The van der Waals surface area contributed by atoms with Crippen molar-refractivity contribution >= 4 is 45.6 Å². The van der Waals surface area contributed by atoms with E-state index in [-0.39, 0.29) is 11.4 Å². The molecule has 218 valence electrons. The van der Waals surface area contributed by atoms with Gasteiger partial charge in [-0.2, -0.15) is 4.98 Å². The molecule has 3 saturated carbocycles. The topological polar surface area (TPSA) is 112 Å². The van der Waals surface area contributed by atoms with Crippen LogP contribution in [0.5, 0.6) is 5.75 Å². The average molecular weight is 568 g/mol. The molecule has 2 bridgehead atoms. The Bertz CT molecular complexity index is 1630. The summed E-state index contributed by atoms with van der Waals surface area (Å²) < 4.78 is 7.60. The van der Waals surface area contributed by atoms with Gasteiger partial charge in [0.2, 0.25) is 11.9 Å². The highest BCUT2D eigenvalue weighted by molar-refractivity contribution is 6.02. The van der Waals surface area contributed by atoms with Gasteiger partial charge in [0.05, 0.1) is 29.7 Å². The number of likely N-dealkylation sites (N-methyl/N-ethyl adjacent to an activating group) is 2. The lowest BCUT2D eigenvalue weighted by molar-refractivity contribution is -0.111. The summed E-state index contributed by atoms with van der Waals surface area (Å²) in [5.41, 5.74) is 3.20. The van der Waals surface area contributed by atoms with Gasteiger partial charge < -0.3 is 30.5 Å². The van der Waals surface area contributed by atoms with E-state index in [9.17, 15) is 4.79 Å². The van der Waals surface area contributed by atoms with Crippen LogP contribution in [-0.4, -0.2) is 77.4 Å². The van der Waals surface area contributed by atoms with E-state index in [4.69, 9.17) is 14.8 Å². The van der Waals surface area contributed by atoms with Crippen LogP contribution < -0.4 is 25.6 Å². The number of methoxy groups -OCH3 is 1. The smallest absolute Gasteiger partial charge is 0.247 e. The van der Waals surface area contributed by atoms with Crippen molar-refractivity contribution in [3.8, 4) is 11.6 Å². The molecule has 1 amide bonds. The first-order valence-electron chi connectivity index (χ1n) is 14.2. The summed E-state index contributed by atoms with van der Waals surface area (Å²) in [5, 5.41) is 16.0. The molecule has 0 atom stereocenters. The Morgan fingerprint density at radius 2 is 1.93 bits per heavy atom. The second-order valence-corrected chi connectivity index (χ2v) is 11.5. The van der Waals surface area contributed by atoms with E-state index in [0.29, 0.717) is 28.9 Å². The molecule has 0 aliphatic heterocycles. The molecule has 0 unspecified atom stereocenters. The highest BCUT2D eigenvalue weighted by Crippen LogP contribution is 2.58. The number of fused-ring (bicyclic) bond motifs is 1. The predicted molar refractivity (Wildman–Crippen MR) is 167 cm³/mol. The van der Waals surface area contributed by atoms with Crippen LogP contribution in [0.25, 0.3) is 16.7 Å². The fourth-order valence-corrected chi connectivity index (χ4v) is 5.77. The number of hydrogen-bond donors (Lipinski definition) is 3. The number of benzene rings is 2. The number of hydrogen-bond acceptors (Lipinski definition) is 9. The van der Waals surface area contributed by atoms with Crippen LogP contribution >= 0.6 is 0 Å². The van der Waals surface area contributed by atoms with Gasteiger partial charge in [-0.15, -0.1) is 5.10 Å². The number of para-hydroxylation sites is 1. The van der Waals surface area contributed by atoms with E-state index in [2.05, 4.69) is 43.4 Å². The number of aromatic nitrogens is 4. The van der Waals surface area contributed by atoms with Crippen LogP contribution in [0.15, 0.2) is 61.3 Å². The highest BCUT2D eigenvalue weighted by Gasteiger charge is 2.57. The molecule has 2 aromatic heterocycles. The Labute approximate surface area is 245 Å². The molecule has 0 radical (unpaired) electrons. The lowest BCUT2D eigenvalue weighted by Gasteiger charge is -2.62. The quantitative estimate of drug-likeness (QED) is 0.211. The van der Waals surface area contributed by atoms with Crippen molar-refractivity contribution in [1.29, 1.82) is 0 Å². The molecular formula is C31H37N9O2. The maximum absolute atomic E-state index is 12.3. The summed E-state index contributed by atoms with van der Waals surface area (Å²) in [6, 6.07) is 13.7. The number of carbonyl (C=O) groups excluding carboxylic acids is 1. The van der Waals surface area contributed by atoms with Crippen LogP contribution in [0.1, 0.15) is 19.3 Å². The zero-order valence-corrected chi connectivity index (χ0v) is 24.5. The number of amides is 1. The van der Waals surface area contributed by atoms with Gasteiger partial charge >= 0.3 is 0 Å². The third kappa shape index (κ3) is 5.23. The van der Waals surface area contributed by atoms with Crippen molar-refractivity contribution in [3.05, 3.63) is 61.3 Å². The molecule has 2 aromatic carbocycles. The summed E-state index contributed by atoms with van der Waals surface area (Å²) in [6.07, 6.45) is 6.61. The van der Waals surface area contributed by atoms with Gasteiger partial charge in [0, 0.05) is 49.4 Å². The lowest BCUT2D eigenvalue weighted by Crippen LogP contribution is -2.63. The molecular weight excluding hydrogens is 530 g/mol. The zero-order valence-electron chi connectivity index (χ0n) is 24.5. The number of rotatable bonds is 12. The number of carbonyl (C=O) groups is 1. The maximum atomic E-state index is 12.3. The monoisotopic (exact) mass is 567 g/mol.